The molecule has 0 N–H and O–H groups in total. The molecule has 0 aliphatic rings. The third-order valence-corrected chi connectivity index (χ3v) is 9.21. The minimum Gasteiger partial charge on any atom is -0.0622 e. The van der Waals surface area contributed by atoms with Crippen molar-refractivity contribution >= 4 is 43.1 Å². The van der Waals surface area contributed by atoms with E-state index in [1.165, 1.54) is 87.6 Å². The Hall–Kier alpha value is -5.72. The van der Waals surface area contributed by atoms with Gasteiger partial charge in [0, 0.05) is 0 Å². The number of benzene rings is 9. The SMILES string of the molecule is c1ccc(-c2ccc3ccc(-c4ccccc4)c4c5c(-c6ccccc6)ccc6ccc(-c7ccccc7)c(c2c34)c65)cc1. The van der Waals surface area contributed by atoms with Gasteiger partial charge >= 0.3 is 0 Å². The Bertz CT molecular complexity index is 2100. The average Bonchev–Trinajstić information content (AvgIpc) is 3.11. The fourth-order valence-corrected chi connectivity index (χ4v) is 7.31. The van der Waals surface area contributed by atoms with E-state index in [-0.39, 0.29) is 0 Å². The van der Waals surface area contributed by atoms with Gasteiger partial charge in [-0.3, -0.25) is 0 Å². The van der Waals surface area contributed by atoms with E-state index in [1.807, 2.05) is 0 Å². The molecular formula is C44H28. The van der Waals surface area contributed by atoms with Gasteiger partial charge in [0.15, 0.2) is 0 Å². The molecule has 9 rings (SSSR count). The van der Waals surface area contributed by atoms with Gasteiger partial charge in [-0.05, 0) is 87.6 Å². The lowest BCUT2D eigenvalue weighted by Crippen LogP contribution is -1.95. The first-order valence-corrected chi connectivity index (χ1v) is 15.3. The molecule has 0 bridgehead atoms. The van der Waals surface area contributed by atoms with E-state index in [2.05, 4.69) is 170 Å². The van der Waals surface area contributed by atoms with Crippen LogP contribution in [0, 0.1) is 0 Å². The molecule has 0 atom stereocenters. The van der Waals surface area contributed by atoms with Crippen LogP contribution in [-0.2, 0) is 0 Å². The van der Waals surface area contributed by atoms with E-state index in [0.29, 0.717) is 0 Å². The molecule has 0 nitrogen and oxygen atoms in total. The van der Waals surface area contributed by atoms with Crippen LogP contribution in [0.1, 0.15) is 0 Å². The largest absolute Gasteiger partial charge is 0.0622 e. The molecule has 0 heteroatoms. The van der Waals surface area contributed by atoms with E-state index < -0.39 is 0 Å². The van der Waals surface area contributed by atoms with E-state index in [4.69, 9.17) is 0 Å². The molecule has 9 aromatic rings. The van der Waals surface area contributed by atoms with Crippen LogP contribution in [-0.4, -0.2) is 0 Å². The van der Waals surface area contributed by atoms with Crippen LogP contribution in [0.3, 0.4) is 0 Å². The Morgan fingerprint density at radius 2 is 0.409 bits per heavy atom. The molecule has 0 aromatic heterocycles. The molecule has 0 heterocycles. The molecule has 0 unspecified atom stereocenters. The van der Waals surface area contributed by atoms with Crippen LogP contribution in [0.15, 0.2) is 170 Å². The zero-order valence-electron chi connectivity index (χ0n) is 24.2. The maximum atomic E-state index is 2.33. The zero-order chi connectivity index (χ0) is 29.0. The van der Waals surface area contributed by atoms with Crippen molar-refractivity contribution in [3.05, 3.63) is 170 Å². The number of hydrogen-bond acceptors (Lipinski definition) is 0. The van der Waals surface area contributed by atoms with Crippen LogP contribution >= 0.6 is 0 Å². The molecular weight excluding hydrogens is 528 g/mol. The summed E-state index contributed by atoms with van der Waals surface area (Å²) in [5, 5.41) is 10.5. The van der Waals surface area contributed by atoms with Crippen molar-refractivity contribution in [1.82, 2.24) is 0 Å². The van der Waals surface area contributed by atoms with E-state index in [1.54, 1.807) is 0 Å². The van der Waals surface area contributed by atoms with Crippen molar-refractivity contribution < 1.29 is 0 Å². The minimum atomic E-state index is 1.24. The molecule has 0 saturated carbocycles. The first-order chi connectivity index (χ1) is 21.9. The predicted molar refractivity (Wildman–Crippen MR) is 189 cm³/mol. The van der Waals surface area contributed by atoms with Crippen molar-refractivity contribution in [2.75, 3.05) is 0 Å². The second-order valence-corrected chi connectivity index (χ2v) is 11.6. The summed E-state index contributed by atoms with van der Waals surface area (Å²) in [6.45, 7) is 0. The third kappa shape index (κ3) is 3.71. The van der Waals surface area contributed by atoms with Gasteiger partial charge < -0.3 is 0 Å². The number of fused-ring (bicyclic) bond motifs is 2. The Labute approximate surface area is 256 Å². The second kappa shape index (κ2) is 9.93. The summed E-state index contributed by atoms with van der Waals surface area (Å²) in [6, 6.07) is 62.2. The van der Waals surface area contributed by atoms with E-state index >= 15 is 0 Å². The summed E-state index contributed by atoms with van der Waals surface area (Å²) in [5.74, 6) is 0. The quantitative estimate of drug-likeness (QED) is 0.149. The molecule has 0 aliphatic carbocycles. The summed E-state index contributed by atoms with van der Waals surface area (Å²) in [5.41, 5.74) is 10.0. The van der Waals surface area contributed by atoms with Crippen LogP contribution in [0.4, 0.5) is 0 Å². The molecule has 0 amide bonds. The smallest absolute Gasteiger partial charge is 0.000763 e. The van der Waals surface area contributed by atoms with E-state index in [0.717, 1.165) is 0 Å². The molecule has 9 aromatic carbocycles. The Morgan fingerprint density at radius 1 is 0.182 bits per heavy atom. The first-order valence-electron chi connectivity index (χ1n) is 15.3. The monoisotopic (exact) mass is 556 g/mol. The van der Waals surface area contributed by atoms with Crippen molar-refractivity contribution in [2.24, 2.45) is 0 Å². The Kier molecular flexibility index (Phi) is 5.61. The fourth-order valence-electron chi connectivity index (χ4n) is 7.31. The highest BCUT2D eigenvalue weighted by atomic mass is 14.3. The summed E-state index contributed by atoms with van der Waals surface area (Å²) < 4.78 is 0. The molecule has 0 spiro atoms. The van der Waals surface area contributed by atoms with Crippen molar-refractivity contribution in [1.29, 1.82) is 0 Å². The van der Waals surface area contributed by atoms with Gasteiger partial charge in [0.1, 0.15) is 0 Å². The third-order valence-electron chi connectivity index (χ3n) is 9.21. The van der Waals surface area contributed by atoms with Gasteiger partial charge in [-0.1, -0.05) is 170 Å². The van der Waals surface area contributed by atoms with Crippen LogP contribution in [0.2, 0.25) is 0 Å². The summed E-state index contributed by atoms with van der Waals surface area (Å²) >= 11 is 0. The van der Waals surface area contributed by atoms with Crippen LogP contribution in [0.5, 0.6) is 0 Å². The Morgan fingerprint density at radius 3 is 0.636 bits per heavy atom. The van der Waals surface area contributed by atoms with Crippen molar-refractivity contribution in [3.8, 4) is 44.5 Å². The van der Waals surface area contributed by atoms with Gasteiger partial charge in [0.2, 0.25) is 0 Å². The van der Waals surface area contributed by atoms with Gasteiger partial charge in [-0.2, -0.15) is 0 Å². The fraction of sp³-hybridized carbons (Fsp3) is 0. The van der Waals surface area contributed by atoms with E-state index in [9.17, 15) is 0 Å². The van der Waals surface area contributed by atoms with Gasteiger partial charge in [0.25, 0.3) is 0 Å². The molecule has 44 heavy (non-hydrogen) atoms. The first kappa shape index (κ1) is 24.8. The topological polar surface area (TPSA) is 0 Å². The molecule has 0 radical (unpaired) electrons. The standard InChI is InChI=1S/C44H28/c1-5-13-29(14-6-1)35-25-21-33-22-27-37(31-17-9-3-10-18-31)43-39(33)41(35)42-36(30-15-7-2-8-16-30)26-23-34-24-28-38(44(43)40(34)42)32-19-11-4-12-20-32/h1-28H. The maximum absolute atomic E-state index is 2.33. The Balaban J connectivity index is 1.63. The van der Waals surface area contributed by atoms with Crippen molar-refractivity contribution in [3.63, 3.8) is 0 Å². The molecule has 0 aliphatic heterocycles. The van der Waals surface area contributed by atoms with Gasteiger partial charge in [-0.25, -0.2) is 0 Å². The lowest BCUT2D eigenvalue weighted by molar-refractivity contribution is 1.64. The number of rotatable bonds is 4. The summed E-state index contributed by atoms with van der Waals surface area (Å²) in [6.07, 6.45) is 0. The van der Waals surface area contributed by atoms with Crippen molar-refractivity contribution in [2.45, 2.75) is 0 Å². The molecule has 0 fully saturated rings. The molecule has 204 valence electrons. The highest BCUT2D eigenvalue weighted by molar-refractivity contribution is 6.41. The summed E-state index contributed by atoms with van der Waals surface area (Å²) in [7, 11) is 0. The average molecular weight is 557 g/mol. The van der Waals surface area contributed by atoms with Crippen LogP contribution < -0.4 is 0 Å². The van der Waals surface area contributed by atoms with Gasteiger partial charge in [-0.15, -0.1) is 0 Å². The minimum absolute atomic E-state index is 1.24. The lowest BCUT2D eigenvalue weighted by atomic mass is 9.79. The highest BCUT2D eigenvalue weighted by Crippen LogP contribution is 2.51. The summed E-state index contributed by atoms with van der Waals surface area (Å²) in [4.78, 5) is 0. The number of hydrogen-bond donors (Lipinski definition) is 0. The maximum Gasteiger partial charge on any atom is -0.000763 e. The van der Waals surface area contributed by atoms with Crippen LogP contribution in [0.25, 0.3) is 87.6 Å². The highest BCUT2D eigenvalue weighted by Gasteiger charge is 2.23. The lowest BCUT2D eigenvalue weighted by Gasteiger charge is -2.23. The normalized spacial score (nSPS) is 11.6. The predicted octanol–water partition coefficient (Wildman–Crippen LogP) is 12.4. The molecule has 0 saturated heterocycles. The van der Waals surface area contributed by atoms with Gasteiger partial charge in [0.05, 0.1) is 0 Å². The second-order valence-electron chi connectivity index (χ2n) is 11.6. The zero-order valence-corrected chi connectivity index (χ0v) is 24.2.